The maximum Gasteiger partial charge on any atom is 0.326 e. The van der Waals surface area contributed by atoms with Gasteiger partial charge in [0.05, 0.1) is 16.6 Å². The molecule has 0 aliphatic rings. The topological polar surface area (TPSA) is 79.3 Å². The summed E-state index contributed by atoms with van der Waals surface area (Å²) in [6.45, 7) is 3.90. The van der Waals surface area contributed by atoms with Gasteiger partial charge in [-0.25, -0.2) is 9.78 Å². The third-order valence-corrected chi connectivity index (χ3v) is 5.47. The molecule has 0 fully saturated rings. The number of aliphatic carboxylic acids is 1. The van der Waals surface area contributed by atoms with E-state index in [1.807, 2.05) is 80.6 Å². The molecule has 0 aliphatic carbocycles. The van der Waals surface area contributed by atoms with Gasteiger partial charge < -0.3 is 10.4 Å². The highest BCUT2D eigenvalue weighted by atomic mass is 16.4. The summed E-state index contributed by atoms with van der Waals surface area (Å²) >= 11 is 0. The normalized spacial score (nSPS) is 12.1. The van der Waals surface area contributed by atoms with Crippen molar-refractivity contribution in [2.75, 3.05) is 0 Å². The number of nitrogens with one attached hydrogen (secondary N) is 1. The second-order valence-corrected chi connectivity index (χ2v) is 7.46. The summed E-state index contributed by atoms with van der Waals surface area (Å²) in [6, 6.07) is 19.6. The van der Waals surface area contributed by atoms with Gasteiger partial charge in [-0.15, -0.1) is 0 Å². The van der Waals surface area contributed by atoms with Crippen LogP contribution in [0.4, 0.5) is 0 Å². The molecule has 3 aromatic carbocycles. The summed E-state index contributed by atoms with van der Waals surface area (Å²) < 4.78 is 0. The number of benzene rings is 3. The van der Waals surface area contributed by atoms with Crippen LogP contribution >= 0.6 is 0 Å². The Morgan fingerprint density at radius 1 is 0.867 bits per heavy atom. The first-order chi connectivity index (χ1) is 14.5. The third kappa shape index (κ3) is 3.62. The highest BCUT2D eigenvalue weighted by molar-refractivity contribution is 6.16. The van der Waals surface area contributed by atoms with Crippen LogP contribution in [0.1, 0.15) is 27.0 Å². The van der Waals surface area contributed by atoms with Gasteiger partial charge in [0.25, 0.3) is 5.91 Å². The summed E-state index contributed by atoms with van der Waals surface area (Å²) in [7, 11) is 0. The summed E-state index contributed by atoms with van der Waals surface area (Å²) in [6.07, 6.45) is 0.223. The zero-order valence-electron chi connectivity index (χ0n) is 16.8. The Kier molecular flexibility index (Phi) is 5.19. The van der Waals surface area contributed by atoms with Crippen molar-refractivity contribution in [2.24, 2.45) is 0 Å². The van der Waals surface area contributed by atoms with Crippen molar-refractivity contribution in [3.8, 4) is 0 Å². The fraction of sp³-hybridized carbons (Fsp3) is 0.160. The van der Waals surface area contributed by atoms with E-state index in [2.05, 4.69) is 10.3 Å². The summed E-state index contributed by atoms with van der Waals surface area (Å²) in [5.74, 6) is -1.47. The van der Waals surface area contributed by atoms with E-state index in [4.69, 9.17) is 0 Å². The molecule has 1 atom stereocenters. The molecular weight excluding hydrogens is 376 g/mol. The van der Waals surface area contributed by atoms with Crippen molar-refractivity contribution in [1.82, 2.24) is 10.3 Å². The minimum absolute atomic E-state index is 0.223. The van der Waals surface area contributed by atoms with Gasteiger partial charge in [0, 0.05) is 17.2 Å². The predicted molar refractivity (Wildman–Crippen MR) is 118 cm³/mol. The van der Waals surface area contributed by atoms with Crippen LogP contribution in [0.15, 0.2) is 66.7 Å². The Labute approximate surface area is 174 Å². The molecule has 150 valence electrons. The van der Waals surface area contributed by atoms with E-state index in [9.17, 15) is 14.7 Å². The van der Waals surface area contributed by atoms with Crippen LogP contribution in [0, 0.1) is 13.8 Å². The standard InChI is InChI=1S/C25H22N2O3/c1-15-8-7-9-16(2)19(15)14-22(25(29)30)27-24(28)23-17-10-3-5-12-20(17)26-21-13-6-4-11-18(21)23/h3-13,22H,14H2,1-2H3,(H,27,28)(H,29,30)/t22-/m0/s1. The lowest BCUT2D eigenvalue weighted by Crippen LogP contribution is -2.42. The molecule has 0 bridgehead atoms. The Morgan fingerprint density at radius 3 is 1.93 bits per heavy atom. The van der Waals surface area contributed by atoms with Gasteiger partial charge in [-0.1, -0.05) is 54.6 Å². The lowest BCUT2D eigenvalue weighted by molar-refractivity contribution is -0.139. The zero-order chi connectivity index (χ0) is 21.3. The van der Waals surface area contributed by atoms with Crippen LogP contribution in [0.3, 0.4) is 0 Å². The predicted octanol–water partition coefficient (Wildman–Crippen LogP) is 4.43. The molecule has 0 radical (unpaired) electrons. The highest BCUT2D eigenvalue weighted by Crippen LogP contribution is 2.26. The van der Waals surface area contributed by atoms with E-state index in [0.29, 0.717) is 27.4 Å². The number of fused-ring (bicyclic) bond motifs is 2. The highest BCUT2D eigenvalue weighted by Gasteiger charge is 2.25. The third-order valence-electron chi connectivity index (χ3n) is 5.47. The average molecular weight is 398 g/mol. The summed E-state index contributed by atoms with van der Waals surface area (Å²) in [5, 5.41) is 14.0. The van der Waals surface area contributed by atoms with Crippen molar-refractivity contribution < 1.29 is 14.7 Å². The SMILES string of the molecule is Cc1cccc(C)c1C[C@H](NC(=O)c1c2ccccc2nc2ccccc12)C(=O)O. The first-order valence-electron chi connectivity index (χ1n) is 9.82. The van der Waals surface area contributed by atoms with Crippen LogP contribution in [0.5, 0.6) is 0 Å². The monoisotopic (exact) mass is 398 g/mol. The molecule has 30 heavy (non-hydrogen) atoms. The second kappa shape index (κ2) is 7.95. The van der Waals surface area contributed by atoms with Gasteiger partial charge in [-0.05, 0) is 42.7 Å². The van der Waals surface area contributed by atoms with E-state index >= 15 is 0 Å². The number of nitrogens with zero attached hydrogens (tertiary/aromatic N) is 1. The molecule has 4 rings (SSSR count). The van der Waals surface area contributed by atoms with Crippen molar-refractivity contribution in [1.29, 1.82) is 0 Å². The molecule has 1 heterocycles. The van der Waals surface area contributed by atoms with Crippen molar-refractivity contribution in [3.63, 3.8) is 0 Å². The van der Waals surface area contributed by atoms with E-state index < -0.39 is 17.9 Å². The fourth-order valence-corrected chi connectivity index (χ4v) is 3.89. The Morgan fingerprint density at radius 2 is 1.40 bits per heavy atom. The first kappa shape index (κ1) is 19.6. The van der Waals surface area contributed by atoms with Crippen LogP contribution in [0.25, 0.3) is 21.8 Å². The van der Waals surface area contributed by atoms with E-state index in [0.717, 1.165) is 16.7 Å². The molecule has 0 saturated heterocycles. The minimum atomic E-state index is -1.06. The number of carbonyl (C=O) groups excluding carboxylic acids is 1. The number of aryl methyl sites for hydroxylation is 2. The maximum atomic E-state index is 13.3. The van der Waals surface area contributed by atoms with Crippen molar-refractivity contribution in [2.45, 2.75) is 26.3 Å². The average Bonchev–Trinajstić information content (AvgIpc) is 2.73. The molecule has 0 unspecified atom stereocenters. The number of pyridine rings is 1. The van der Waals surface area contributed by atoms with Crippen LogP contribution < -0.4 is 5.32 Å². The maximum absolute atomic E-state index is 13.3. The number of hydrogen-bond donors (Lipinski definition) is 2. The van der Waals surface area contributed by atoms with Gasteiger partial charge in [-0.2, -0.15) is 0 Å². The Balaban J connectivity index is 1.76. The van der Waals surface area contributed by atoms with Crippen LogP contribution in [-0.4, -0.2) is 28.0 Å². The smallest absolute Gasteiger partial charge is 0.326 e. The molecule has 5 heteroatoms. The quantitative estimate of drug-likeness (QED) is 0.488. The molecule has 0 aliphatic heterocycles. The number of carboxylic acid groups (broad SMARTS) is 1. The fourth-order valence-electron chi connectivity index (χ4n) is 3.89. The lowest BCUT2D eigenvalue weighted by atomic mass is 9.96. The summed E-state index contributed by atoms with van der Waals surface area (Å²) in [4.78, 5) is 30.0. The van der Waals surface area contributed by atoms with Gasteiger partial charge in [0.2, 0.25) is 0 Å². The van der Waals surface area contributed by atoms with Gasteiger partial charge in [0.15, 0.2) is 0 Å². The molecule has 1 aromatic heterocycles. The Bertz CT molecular complexity index is 1210. The van der Waals surface area contributed by atoms with Crippen LogP contribution in [0.2, 0.25) is 0 Å². The molecule has 5 nitrogen and oxygen atoms in total. The van der Waals surface area contributed by atoms with Crippen molar-refractivity contribution in [3.05, 3.63) is 89.0 Å². The molecule has 1 amide bonds. The Hall–Kier alpha value is -3.73. The number of amides is 1. The van der Waals surface area contributed by atoms with Crippen molar-refractivity contribution >= 4 is 33.7 Å². The van der Waals surface area contributed by atoms with Crippen LogP contribution in [-0.2, 0) is 11.2 Å². The van der Waals surface area contributed by atoms with E-state index in [1.165, 1.54) is 0 Å². The first-order valence-corrected chi connectivity index (χ1v) is 9.82. The van der Waals surface area contributed by atoms with E-state index in [1.54, 1.807) is 0 Å². The molecule has 4 aromatic rings. The summed E-state index contributed by atoms with van der Waals surface area (Å²) in [5.41, 5.74) is 4.80. The number of carboxylic acids is 1. The number of hydrogen-bond acceptors (Lipinski definition) is 3. The largest absolute Gasteiger partial charge is 0.480 e. The number of carbonyl (C=O) groups is 2. The number of para-hydroxylation sites is 2. The number of rotatable bonds is 5. The van der Waals surface area contributed by atoms with Gasteiger partial charge in [-0.3, -0.25) is 4.79 Å². The van der Waals surface area contributed by atoms with E-state index in [-0.39, 0.29) is 6.42 Å². The van der Waals surface area contributed by atoms with Gasteiger partial charge >= 0.3 is 5.97 Å². The van der Waals surface area contributed by atoms with Gasteiger partial charge in [0.1, 0.15) is 6.04 Å². The molecule has 2 N–H and O–H groups in total. The lowest BCUT2D eigenvalue weighted by Gasteiger charge is -2.19. The zero-order valence-corrected chi connectivity index (χ0v) is 16.8. The molecule has 0 saturated carbocycles. The molecule has 0 spiro atoms. The second-order valence-electron chi connectivity index (χ2n) is 7.46. The minimum Gasteiger partial charge on any atom is -0.480 e. The number of aromatic nitrogens is 1. The molecular formula is C25H22N2O3.